The second-order valence-corrected chi connectivity index (χ2v) is 15.9. The number of aliphatic imine (C=N–C) groups is 1. The van der Waals surface area contributed by atoms with Crippen molar-refractivity contribution in [3.05, 3.63) is 36.4 Å². The largest absolute Gasteiger partial charge is 0.369 e. The van der Waals surface area contributed by atoms with E-state index < -0.39 is 44.7 Å². The molecule has 2 bridgehead atoms. The minimum atomic E-state index is -4.12. The van der Waals surface area contributed by atoms with Gasteiger partial charge in [-0.05, 0) is 36.5 Å². The van der Waals surface area contributed by atoms with E-state index in [1.807, 2.05) is 0 Å². The molecule has 16 nitrogen and oxygen atoms in total. The predicted molar refractivity (Wildman–Crippen MR) is 156 cm³/mol. The second-order valence-electron chi connectivity index (χ2n) is 10.2. The van der Waals surface area contributed by atoms with Crippen LogP contribution in [0.5, 0.6) is 0 Å². The van der Waals surface area contributed by atoms with E-state index in [0.717, 1.165) is 12.8 Å². The number of fused-ring (bicyclic) bond motifs is 6. The molecule has 0 amide bonds. The van der Waals surface area contributed by atoms with Gasteiger partial charge in [0, 0.05) is 12.5 Å². The van der Waals surface area contributed by atoms with Crippen molar-refractivity contribution < 1.29 is 37.0 Å². The number of ether oxygens (including phenoxy) is 1. The molecule has 1 saturated carbocycles. The normalized spacial score (nSPS) is 33.7. The first-order valence-corrected chi connectivity index (χ1v) is 18.3. The molecule has 3 aromatic heterocycles. The van der Waals surface area contributed by atoms with Crippen LogP contribution in [0.25, 0.3) is 16.9 Å². The maximum Gasteiger partial charge on any atom is 0.325 e. The minimum Gasteiger partial charge on any atom is -0.369 e. The third kappa shape index (κ3) is 5.80. The Bertz CT molecular complexity index is 1750. The smallest absolute Gasteiger partial charge is 0.325 e. The third-order valence-electron chi connectivity index (χ3n) is 7.21. The molecule has 4 aliphatic rings. The Kier molecular flexibility index (Phi) is 7.50. The number of nitrogens with zero attached hydrogens (tertiary/aromatic N) is 7. The molecule has 6 heterocycles. The van der Waals surface area contributed by atoms with Gasteiger partial charge < -0.3 is 43.7 Å². The number of nitrogens with one attached hydrogen (secondary N) is 1. The highest BCUT2D eigenvalue weighted by atomic mass is 32.5. The van der Waals surface area contributed by atoms with Crippen LogP contribution in [0.4, 0.5) is 10.2 Å². The van der Waals surface area contributed by atoms with E-state index >= 15 is 4.39 Å². The molecular formula is C22H26FN9O7P2S2. The highest BCUT2D eigenvalue weighted by Crippen LogP contribution is 2.52. The van der Waals surface area contributed by atoms with E-state index in [9.17, 15) is 9.79 Å². The number of alkyl halides is 1. The molecular weight excluding hydrogens is 647 g/mol. The van der Waals surface area contributed by atoms with Crippen LogP contribution in [0, 0.1) is 0 Å². The summed E-state index contributed by atoms with van der Waals surface area (Å²) in [5, 5.41) is 2.77. The van der Waals surface area contributed by atoms with Gasteiger partial charge in [-0.3, -0.25) is 9.09 Å². The highest BCUT2D eigenvalue weighted by molar-refractivity contribution is 8.07. The van der Waals surface area contributed by atoms with Gasteiger partial charge in [0.15, 0.2) is 29.8 Å². The van der Waals surface area contributed by atoms with Crippen LogP contribution in [0.3, 0.4) is 0 Å². The van der Waals surface area contributed by atoms with Crippen molar-refractivity contribution >= 4 is 65.7 Å². The number of hydrogen-bond acceptors (Lipinski definition) is 14. The van der Waals surface area contributed by atoms with E-state index in [0.29, 0.717) is 34.2 Å². The summed E-state index contributed by atoms with van der Waals surface area (Å²) in [4.78, 5) is 44.0. The molecule has 7 rings (SSSR count). The van der Waals surface area contributed by atoms with Crippen LogP contribution in [-0.2, 0) is 59.6 Å². The summed E-state index contributed by atoms with van der Waals surface area (Å²) in [5.74, 6) is 1.55. The van der Waals surface area contributed by atoms with E-state index in [4.69, 9.17) is 52.2 Å². The summed E-state index contributed by atoms with van der Waals surface area (Å²) in [7, 11) is 0. The van der Waals surface area contributed by atoms with Crippen LogP contribution < -0.4 is 11.1 Å². The van der Waals surface area contributed by atoms with Gasteiger partial charge in [0.1, 0.15) is 41.7 Å². The Morgan fingerprint density at radius 3 is 2.74 bits per heavy atom. The maximum absolute atomic E-state index is 16.0. The number of hydrogen-bond donors (Lipinski definition) is 4. The number of aromatic nitrogens is 6. The maximum atomic E-state index is 16.0. The predicted octanol–water partition coefficient (Wildman–Crippen LogP) is 1.74. The van der Waals surface area contributed by atoms with Crippen molar-refractivity contribution in [2.24, 2.45) is 10.7 Å². The highest BCUT2D eigenvalue weighted by Gasteiger charge is 2.51. The fourth-order valence-electron chi connectivity index (χ4n) is 5.02. The molecule has 3 aliphatic heterocycles. The molecule has 0 radical (unpaired) electrons. The molecule has 0 spiro atoms. The van der Waals surface area contributed by atoms with Crippen LogP contribution in [0.2, 0.25) is 0 Å². The Morgan fingerprint density at radius 1 is 1.14 bits per heavy atom. The van der Waals surface area contributed by atoms with Crippen molar-refractivity contribution in [2.75, 3.05) is 13.2 Å². The summed E-state index contributed by atoms with van der Waals surface area (Å²) in [6.45, 7) is -4.83. The van der Waals surface area contributed by atoms with Crippen molar-refractivity contribution in [1.29, 1.82) is 0 Å². The molecule has 1 saturated heterocycles. The SMILES string of the molecule is C=C1NC(N)=Nc2c1ncn2[C@@H]1O[C@@H]2COP(O)(=S)OCCn3c(nc4cnc(C5CC5)nc43)COP(O)(=S)O[C@@H]1[C@@H]2F. The first-order valence-electron chi connectivity index (χ1n) is 13.1. The monoisotopic (exact) mass is 673 g/mol. The summed E-state index contributed by atoms with van der Waals surface area (Å²) < 4.78 is 47.4. The van der Waals surface area contributed by atoms with Crippen molar-refractivity contribution in [3.63, 3.8) is 0 Å². The molecule has 5 N–H and O–H groups in total. The lowest BCUT2D eigenvalue weighted by molar-refractivity contribution is -0.0474. The van der Waals surface area contributed by atoms with Gasteiger partial charge in [0.05, 0.1) is 31.4 Å². The van der Waals surface area contributed by atoms with Crippen molar-refractivity contribution in [1.82, 2.24) is 34.4 Å². The van der Waals surface area contributed by atoms with Gasteiger partial charge in [-0.2, -0.15) is 4.99 Å². The topological polar surface area (TPSA) is 198 Å². The quantitative estimate of drug-likeness (QED) is 0.287. The van der Waals surface area contributed by atoms with Gasteiger partial charge in [-0.15, -0.1) is 0 Å². The number of rotatable bonds is 2. The molecule has 1 aliphatic carbocycles. The zero-order chi connectivity index (χ0) is 30.1. The summed E-state index contributed by atoms with van der Waals surface area (Å²) in [6.07, 6.45) is -1.05. The Morgan fingerprint density at radius 2 is 1.95 bits per heavy atom. The molecule has 21 heteroatoms. The summed E-state index contributed by atoms with van der Waals surface area (Å²) in [6, 6.07) is 0. The zero-order valence-corrected chi connectivity index (χ0v) is 25.6. The lowest BCUT2D eigenvalue weighted by Crippen LogP contribution is -2.33. The van der Waals surface area contributed by atoms with E-state index in [-0.39, 0.29) is 37.5 Å². The summed E-state index contributed by atoms with van der Waals surface area (Å²) >= 11 is 10.5. The van der Waals surface area contributed by atoms with Gasteiger partial charge in [0.2, 0.25) is 0 Å². The Balaban J connectivity index is 1.23. The Labute approximate surface area is 253 Å². The van der Waals surface area contributed by atoms with Gasteiger partial charge in [-0.1, -0.05) is 6.58 Å². The van der Waals surface area contributed by atoms with Gasteiger partial charge in [-0.25, -0.2) is 24.3 Å². The standard InChI is InChI=1S/C22H26FN9O7P2S2/c1-10-16-20(30-22(24)27-10)32(9-26-16)21-17-15(23)13(38-21)7-36-40(33,42)35-5-4-31-14(8-37-41(34,43)39-17)28-12-6-25-18(11-2-3-11)29-19(12)31/h6,9,11,13,15,17,21H,1-5,7-8H2,(H,33,42)(H,34,43)(H3,24,27,30)/t13-,15-,17-,21-,40?,41?/m1/s1. The molecule has 0 aromatic carbocycles. The third-order valence-corrected chi connectivity index (χ3v) is 10.4. The fourth-order valence-corrected chi connectivity index (χ4v) is 7.48. The van der Waals surface area contributed by atoms with Crippen LogP contribution in [0.1, 0.15) is 42.3 Å². The Hall–Kier alpha value is -2.28. The number of imidazole rings is 2. The number of halogens is 1. The van der Waals surface area contributed by atoms with Crippen LogP contribution in [0.15, 0.2) is 24.1 Å². The van der Waals surface area contributed by atoms with E-state index in [1.54, 1.807) is 10.8 Å². The van der Waals surface area contributed by atoms with Crippen molar-refractivity contribution in [3.8, 4) is 0 Å². The van der Waals surface area contributed by atoms with Gasteiger partial charge >= 0.3 is 13.4 Å². The first kappa shape index (κ1) is 29.4. The van der Waals surface area contributed by atoms with E-state index in [2.05, 4.69) is 36.8 Å². The number of guanidine groups is 1. The number of nitrogens with two attached hydrogens (primary N) is 1. The fraction of sp³-hybridized carbons (Fsp3) is 0.500. The lowest BCUT2D eigenvalue weighted by Gasteiger charge is -2.26. The molecule has 230 valence electrons. The molecule has 43 heavy (non-hydrogen) atoms. The lowest BCUT2D eigenvalue weighted by atomic mass is 10.1. The first-order chi connectivity index (χ1) is 20.5. The molecule has 2 unspecified atom stereocenters. The minimum absolute atomic E-state index is 0.0337. The van der Waals surface area contributed by atoms with Crippen molar-refractivity contribution in [2.45, 2.75) is 56.5 Å². The van der Waals surface area contributed by atoms with Crippen LogP contribution in [-0.4, -0.2) is 76.4 Å². The average Bonchev–Trinajstić information content (AvgIpc) is 3.53. The zero-order valence-electron chi connectivity index (χ0n) is 22.2. The van der Waals surface area contributed by atoms with Crippen LogP contribution >= 0.6 is 13.4 Å². The second kappa shape index (κ2) is 11.0. The molecule has 3 aromatic rings. The average molecular weight is 674 g/mol. The van der Waals surface area contributed by atoms with Gasteiger partial charge in [0.25, 0.3) is 0 Å². The van der Waals surface area contributed by atoms with E-state index in [1.165, 1.54) is 10.9 Å². The summed E-state index contributed by atoms with van der Waals surface area (Å²) in [5.41, 5.74) is 7.58. The molecule has 2 fully saturated rings. The molecule has 6 atom stereocenters.